The van der Waals surface area contributed by atoms with Crippen LogP contribution in [0.3, 0.4) is 0 Å². The number of nitrogens with one attached hydrogen (secondary N) is 1. The van der Waals surface area contributed by atoms with Crippen molar-refractivity contribution in [3.8, 4) is 0 Å². The minimum atomic E-state index is -2.50. The summed E-state index contributed by atoms with van der Waals surface area (Å²) in [5.41, 5.74) is -2.50. The van der Waals surface area contributed by atoms with Crippen LogP contribution in [0.4, 0.5) is 0 Å². The van der Waals surface area contributed by atoms with E-state index in [4.69, 9.17) is 25.6 Å². The topological polar surface area (TPSA) is 73.9 Å². The quantitative estimate of drug-likeness (QED) is 0.442. The zero-order chi connectivity index (χ0) is 17.2. The normalized spacial score (nSPS) is 13.0. The van der Waals surface area contributed by atoms with E-state index in [1.807, 2.05) is 27.7 Å². The van der Waals surface area contributed by atoms with Crippen molar-refractivity contribution in [1.29, 1.82) is 0 Å². The van der Waals surface area contributed by atoms with Gasteiger partial charge in [0.25, 0.3) is 0 Å². The fourth-order valence-corrected chi connectivity index (χ4v) is 5.74. The van der Waals surface area contributed by atoms with Crippen LogP contribution < -0.4 is 5.32 Å². The highest BCUT2D eigenvalue weighted by Gasteiger charge is 2.27. The van der Waals surface area contributed by atoms with Crippen molar-refractivity contribution in [3.63, 3.8) is 0 Å². The van der Waals surface area contributed by atoms with Crippen molar-refractivity contribution < 1.29 is 23.4 Å². The van der Waals surface area contributed by atoms with Gasteiger partial charge in [0, 0.05) is 0 Å². The van der Waals surface area contributed by atoms with Gasteiger partial charge >= 0.3 is 5.97 Å². The first-order valence-corrected chi connectivity index (χ1v) is 11.5. The summed E-state index contributed by atoms with van der Waals surface area (Å²) in [7, 11) is 0. The molecule has 0 fully saturated rings. The number of carbonyl (C=O) groups excluding carboxylic acids is 2. The van der Waals surface area contributed by atoms with Crippen LogP contribution in [0.5, 0.6) is 0 Å². The Kier molecular flexibility index (Phi) is 11.3. The first kappa shape index (κ1) is 21.9. The molecule has 130 valence electrons. The molecule has 9 heteroatoms. The lowest BCUT2D eigenvalue weighted by Crippen LogP contribution is -2.46. The van der Waals surface area contributed by atoms with E-state index in [1.165, 1.54) is 11.4 Å². The molecule has 1 N–H and O–H groups in total. The molecule has 0 unspecified atom stereocenters. The Morgan fingerprint density at radius 3 is 2.09 bits per heavy atom. The second-order valence-electron chi connectivity index (χ2n) is 4.60. The van der Waals surface area contributed by atoms with E-state index < -0.39 is 17.7 Å². The van der Waals surface area contributed by atoms with Gasteiger partial charge in [-0.1, -0.05) is 25.2 Å². The molecule has 0 spiro atoms. The van der Waals surface area contributed by atoms with Crippen molar-refractivity contribution >= 4 is 40.8 Å². The summed E-state index contributed by atoms with van der Waals surface area (Å²) in [5.74, 6) is -0.690. The zero-order valence-corrected chi connectivity index (χ0v) is 16.3. The average molecular weight is 371 g/mol. The number of esters is 1. The summed E-state index contributed by atoms with van der Waals surface area (Å²) >= 11 is 6.51. The fraction of sp³-hybridized carbons (Fsp3) is 0.846. The van der Waals surface area contributed by atoms with Crippen LogP contribution in [-0.4, -0.2) is 43.5 Å². The molecule has 0 bridgehead atoms. The lowest BCUT2D eigenvalue weighted by Gasteiger charge is -2.22. The van der Waals surface area contributed by atoms with Crippen LogP contribution in [-0.2, 0) is 35.2 Å². The van der Waals surface area contributed by atoms with Crippen LogP contribution >= 0.6 is 17.1 Å². The molecule has 0 aromatic heterocycles. The molecule has 0 heterocycles. The second-order valence-corrected chi connectivity index (χ2v) is 10.9. The highest BCUT2D eigenvalue weighted by Crippen LogP contribution is 2.60. The predicted octanol–water partition coefficient (Wildman–Crippen LogP) is 2.72. The second kappa shape index (κ2) is 11.4. The summed E-state index contributed by atoms with van der Waals surface area (Å²) < 4.78 is 15.9. The third-order valence-electron chi connectivity index (χ3n) is 2.45. The smallest absolute Gasteiger partial charge is 0.328 e. The highest BCUT2D eigenvalue weighted by molar-refractivity contribution is 8.68. The van der Waals surface area contributed by atoms with Gasteiger partial charge in [0.2, 0.25) is 11.6 Å². The third-order valence-corrected chi connectivity index (χ3v) is 7.86. The molecular weight excluding hydrogens is 345 g/mol. The first-order valence-electron chi connectivity index (χ1n) is 7.29. The number of rotatable bonds is 11. The fourth-order valence-electron chi connectivity index (χ4n) is 1.51. The van der Waals surface area contributed by atoms with Gasteiger partial charge in [-0.05, 0) is 38.5 Å². The number of amides is 1. The molecule has 1 atom stereocenters. The van der Waals surface area contributed by atoms with Gasteiger partial charge in [0.1, 0.15) is 6.04 Å². The predicted molar refractivity (Wildman–Crippen MR) is 93.4 cm³/mol. The molecule has 0 rings (SSSR count). The molecule has 22 heavy (non-hydrogen) atoms. The van der Waals surface area contributed by atoms with Crippen molar-refractivity contribution in [2.45, 2.75) is 40.7 Å². The zero-order valence-electron chi connectivity index (χ0n) is 13.8. The van der Waals surface area contributed by atoms with Gasteiger partial charge in [0.15, 0.2) is 0 Å². The van der Waals surface area contributed by atoms with Crippen molar-refractivity contribution in [1.82, 2.24) is 5.32 Å². The Bertz CT molecular complexity index is 396. The van der Waals surface area contributed by atoms with Gasteiger partial charge in [-0.3, -0.25) is 4.79 Å². The van der Waals surface area contributed by atoms with E-state index in [2.05, 4.69) is 5.32 Å². The Labute approximate surface area is 141 Å². The van der Waals surface area contributed by atoms with Gasteiger partial charge in [-0.25, -0.2) is 4.79 Å². The number of carbonyl (C=O) groups is 2. The van der Waals surface area contributed by atoms with E-state index >= 15 is 0 Å². The maximum Gasteiger partial charge on any atom is 0.328 e. The standard InChI is InChI=1S/C13H26NO5PS2/c1-6-17-13(16)12(10(4)5)14-11(15)9-22-20(21,18-7-2)19-8-3/h10,12H,6-9H2,1-5H3,(H,14,15)/t12-/m1/s1. The number of hydrogen-bond acceptors (Lipinski definition) is 7. The van der Waals surface area contributed by atoms with Gasteiger partial charge in [0.05, 0.1) is 25.6 Å². The highest BCUT2D eigenvalue weighted by atomic mass is 32.9. The van der Waals surface area contributed by atoms with E-state index in [1.54, 1.807) is 6.92 Å². The molecule has 0 aromatic carbocycles. The largest absolute Gasteiger partial charge is 0.464 e. The maximum atomic E-state index is 12.0. The summed E-state index contributed by atoms with van der Waals surface area (Å²) in [4.78, 5) is 23.9. The van der Waals surface area contributed by atoms with Crippen LogP contribution in [0.2, 0.25) is 0 Å². The Hall–Kier alpha value is -0.140. The average Bonchev–Trinajstić information content (AvgIpc) is 2.43. The molecule has 0 aliphatic carbocycles. The van der Waals surface area contributed by atoms with Crippen molar-refractivity contribution in [3.05, 3.63) is 0 Å². The van der Waals surface area contributed by atoms with Gasteiger partial charge in [-0.2, -0.15) is 0 Å². The number of ether oxygens (including phenoxy) is 1. The van der Waals surface area contributed by atoms with Crippen LogP contribution in [0.25, 0.3) is 0 Å². The van der Waals surface area contributed by atoms with Gasteiger partial charge in [-0.15, -0.1) is 0 Å². The summed E-state index contributed by atoms with van der Waals surface area (Å²) in [6.45, 7) is 10.2. The molecule has 1 amide bonds. The SMILES string of the molecule is CCOC(=O)[C@H](NC(=O)CSP(=S)(OCC)OCC)C(C)C. The van der Waals surface area contributed by atoms with E-state index in [0.717, 1.165) is 0 Å². The molecular formula is C13H26NO5PS2. The molecule has 0 aromatic rings. The molecule has 0 aliphatic rings. The Morgan fingerprint density at radius 2 is 1.68 bits per heavy atom. The van der Waals surface area contributed by atoms with E-state index in [-0.39, 0.29) is 24.2 Å². The number of hydrogen-bond donors (Lipinski definition) is 1. The summed E-state index contributed by atoms with van der Waals surface area (Å²) in [5, 5.41) is 2.68. The van der Waals surface area contributed by atoms with Crippen LogP contribution in [0, 0.1) is 5.92 Å². The Balaban J connectivity index is 4.57. The van der Waals surface area contributed by atoms with E-state index in [0.29, 0.717) is 13.2 Å². The molecule has 0 aliphatic heterocycles. The third kappa shape index (κ3) is 8.48. The van der Waals surface area contributed by atoms with E-state index in [9.17, 15) is 9.59 Å². The first-order chi connectivity index (χ1) is 10.3. The molecule has 0 radical (unpaired) electrons. The minimum absolute atomic E-state index is 0.0603. The monoisotopic (exact) mass is 371 g/mol. The van der Waals surface area contributed by atoms with Crippen molar-refractivity contribution in [2.75, 3.05) is 25.6 Å². The summed E-state index contributed by atoms with van der Waals surface area (Å²) in [6.07, 6.45) is 0. The minimum Gasteiger partial charge on any atom is -0.464 e. The van der Waals surface area contributed by atoms with Crippen LogP contribution in [0.1, 0.15) is 34.6 Å². The lowest BCUT2D eigenvalue weighted by atomic mass is 10.0. The Morgan fingerprint density at radius 1 is 1.14 bits per heavy atom. The summed E-state index contributed by atoms with van der Waals surface area (Å²) in [6, 6.07) is -0.662. The molecule has 6 nitrogen and oxygen atoms in total. The molecule has 0 saturated heterocycles. The lowest BCUT2D eigenvalue weighted by molar-refractivity contribution is -0.148. The van der Waals surface area contributed by atoms with Crippen LogP contribution in [0.15, 0.2) is 0 Å². The van der Waals surface area contributed by atoms with Gasteiger partial charge < -0.3 is 19.1 Å². The maximum absolute atomic E-state index is 12.0. The van der Waals surface area contributed by atoms with Crippen molar-refractivity contribution in [2.24, 2.45) is 5.92 Å². The molecule has 0 saturated carbocycles.